The monoisotopic (exact) mass is 949 g/mol. The Labute approximate surface area is 422 Å². The SMILES string of the molecule is CC/C=C\C/C=C\C/C=C\C/C=C\C/C=C\C/C=C\CCC(=O)OCC(COC(=O)CCCCC/C=C\C=C/CCCCCCCCC)OC(=O)CC/C=C\C/C=C\C/C=C\C/C=C\C/C=C\CC. The van der Waals surface area contributed by atoms with Crippen molar-refractivity contribution < 1.29 is 28.6 Å². The van der Waals surface area contributed by atoms with E-state index in [1.165, 1.54) is 44.9 Å². The first-order chi connectivity index (χ1) is 34.0. The number of unbranched alkanes of at least 4 members (excludes halogenated alkanes) is 10. The summed E-state index contributed by atoms with van der Waals surface area (Å²) < 4.78 is 16.6. The molecule has 0 aromatic rings. The van der Waals surface area contributed by atoms with Gasteiger partial charge < -0.3 is 14.2 Å². The van der Waals surface area contributed by atoms with Crippen LogP contribution in [0.15, 0.2) is 158 Å². The summed E-state index contributed by atoms with van der Waals surface area (Å²) in [5, 5.41) is 0. The van der Waals surface area contributed by atoms with Gasteiger partial charge in [0.05, 0.1) is 0 Å². The zero-order valence-electron chi connectivity index (χ0n) is 43.8. The van der Waals surface area contributed by atoms with Gasteiger partial charge >= 0.3 is 17.9 Å². The molecule has 0 bridgehead atoms. The number of allylic oxidation sites excluding steroid dienone is 26. The van der Waals surface area contributed by atoms with Crippen molar-refractivity contribution >= 4 is 17.9 Å². The molecule has 0 aliphatic carbocycles. The minimum absolute atomic E-state index is 0.152. The first-order valence-corrected chi connectivity index (χ1v) is 27.0. The predicted octanol–water partition coefficient (Wildman–Crippen LogP) is 18.2. The molecule has 0 aliphatic heterocycles. The fourth-order valence-electron chi connectivity index (χ4n) is 6.56. The molecular weight excluding hydrogens is 853 g/mol. The molecule has 0 saturated heterocycles. The Balaban J connectivity index is 4.68. The van der Waals surface area contributed by atoms with Crippen molar-refractivity contribution in [2.75, 3.05) is 13.2 Å². The highest BCUT2D eigenvalue weighted by Gasteiger charge is 2.19. The number of rotatable bonds is 46. The molecule has 0 fully saturated rings. The maximum absolute atomic E-state index is 12.8. The van der Waals surface area contributed by atoms with Gasteiger partial charge in [0.2, 0.25) is 0 Å². The molecule has 69 heavy (non-hydrogen) atoms. The van der Waals surface area contributed by atoms with Crippen LogP contribution in [0.25, 0.3) is 0 Å². The molecule has 0 saturated carbocycles. The van der Waals surface area contributed by atoms with E-state index in [0.29, 0.717) is 19.3 Å². The van der Waals surface area contributed by atoms with Crippen LogP contribution in [0.5, 0.6) is 0 Å². The van der Waals surface area contributed by atoms with Crippen LogP contribution in [0.1, 0.15) is 201 Å². The average Bonchev–Trinajstić information content (AvgIpc) is 3.35. The van der Waals surface area contributed by atoms with Crippen LogP contribution < -0.4 is 0 Å². The van der Waals surface area contributed by atoms with Crippen molar-refractivity contribution in [1.82, 2.24) is 0 Å². The van der Waals surface area contributed by atoms with E-state index < -0.39 is 18.0 Å². The summed E-state index contributed by atoms with van der Waals surface area (Å²) in [6.45, 7) is 6.23. The lowest BCUT2D eigenvalue weighted by Gasteiger charge is -2.18. The molecule has 1 unspecified atom stereocenters. The van der Waals surface area contributed by atoms with Crippen LogP contribution in [0, 0.1) is 0 Å². The normalized spacial score (nSPS) is 13.4. The summed E-state index contributed by atoms with van der Waals surface area (Å²) in [6, 6.07) is 0. The Morgan fingerprint density at radius 2 is 0.638 bits per heavy atom. The molecule has 0 radical (unpaired) electrons. The van der Waals surface area contributed by atoms with E-state index in [1.807, 2.05) is 24.3 Å². The summed E-state index contributed by atoms with van der Waals surface area (Å²) in [5.74, 6) is -1.16. The van der Waals surface area contributed by atoms with Crippen molar-refractivity contribution in [2.45, 2.75) is 207 Å². The van der Waals surface area contributed by atoms with Crippen LogP contribution in [-0.4, -0.2) is 37.2 Å². The van der Waals surface area contributed by atoms with Gasteiger partial charge in [-0.05, 0) is 116 Å². The van der Waals surface area contributed by atoms with Gasteiger partial charge in [-0.1, -0.05) is 224 Å². The first-order valence-electron chi connectivity index (χ1n) is 27.0. The van der Waals surface area contributed by atoms with Crippen molar-refractivity contribution in [3.8, 4) is 0 Å². The van der Waals surface area contributed by atoms with E-state index in [4.69, 9.17) is 14.2 Å². The molecule has 6 nitrogen and oxygen atoms in total. The lowest BCUT2D eigenvalue weighted by atomic mass is 10.1. The van der Waals surface area contributed by atoms with Gasteiger partial charge in [-0.15, -0.1) is 0 Å². The molecule has 384 valence electrons. The molecule has 0 aromatic carbocycles. The second kappa shape index (κ2) is 55.6. The van der Waals surface area contributed by atoms with Crippen LogP contribution in [-0.2, 0) is 28.6 Å². The van der Waals surface area contributed by atoms with Crippen molar-refractivity contribution in [3.63, 3.8) is 0 Å². The van der Waals surface area contributed by atoms with Crippen LogP contribution in [0.4, 0.5) is 0 Å². The van der Waals surface area contributed by atoms with E-state index in [9.17, 15) is 14.4 Å². The average molecular weight is 949 g/mol. The third kappa shape index (κ3) is 53.8. The third-order valence-electron chi connectivity index (χ3n) is 10.6. The highest BCUT2D eigenvalue weighted by atomic mass is 16.6. The molecular formula is C63H96O6. The smallest absolute Gasteiger partial charge is 0.306 e. The summed E-state index contributed by atoms with van der Waals surface area (Å²) in [4.78, 5) is 38.0. The standard InChI is InChI=1S/C63H96O6/c1-4-7-10-13-16-19-22-25-28-31-32-33-36-38-41-44-47-50-53-56-62(65)68-59-60(69-63(66)57-54-51-48-45-42-39-35-30-27-24-21-18-15-12-9-6-3)58-67-61(64)55-52-49-46-43-40-37-34-29-26-23-20-17-14-11-8-5-2/h7,9-10,12,16,18-19,21,25,27-30,32-34,37-42,47-48,50-51,60H,4-6,8,11,13-15,17,20,22-24,26,31,35-36,43-46,49,52-59H2,1-3H3/b10-7-,12-9-,19-16-,21-18-,28-25-,30-27-,33-32-,34-29-,40-37-,41-38-,42-39-,50-47-,51-48-. The minimum Gasteiger partial charge on any atom is -0.462 e. The van der Waals surface area contributed by atoms with Gasteiger partial charge in [0.1, 0.15) is 13.2 Å². The molecule has 0 amide bonds. The fourth-order valence-corrected chi connectivity index (χ4v) is 6.56. The van der Waals surface area contributed by atoms with Crippen LogP contribution in [0.2, 0.25) is 0 Å². The number of ether oxygens (including phenoxy) is 3. The number of carbonyl (C=O) groups excluding carboxylic acids is 3. The molecule has 0 aromatic heterocycles. The minimum atomic E-state index is -0.867. The lowest BCUT2D eigenvalue weighted by Crippen LogP contribution is -2.30. The summed E-state index contributed by atoms with van der Waals surface area (Å²) in [7, 11) is 0. The van der Waals surface area contributed by atoms with Crippen LogP contribution >= 0.6 is 0 Å². The zero-order chi connectivity index (χ0) is 50.0. The maximum Gasteiger partial charge on any atom is 0.306 e. The molecule has 0 N–H and O–H groups in total. The number of hydrogen-bond donors (Lipinski definition) is 0. The Bertz CT molecular complexity index is 1610. The molecule has 0 heterocycles. The Kier molecular flexibility index (Phi) is 51.6. The number of esters is 3. The van der Waals surface area contributed by atoms with Gasteiger partial charge in [0.25, 0.3) is 0 Å². The lowest BCUT2D eigenvalue weighted by molar-refractivity contribution is -0.166. The predicted molar refractivity (Wildman–Crippen MR) is 297 cm³/mol. The van der Waals surface area contributed by atoms with Gasteiger partial charge in [-0.25, -0.2) is 0 Å². The Hall–Kier alpha value is -4.97. The zero-order valence-corrected chi connectivity index (χ0v) is 43.8. The maximum atomic E-state index is 12.8. The van der Waals surface area contributed by atoms with Gasteiger partial charge in [0.15, 0.2) is 6.10 Å². The highest BCUT2D eigenvalue weighted by Crippen LogP contribution is 2.10. The quantitative estimate of drug-likeness (QED) is 0.0199. The van der Waals surface area contributed by atoms with Crippen molar-refractivity contribution in [2.24, 2.45) is 0 Å². The van der Waals surface area contributed by atoms with E-state index >= 15 is 0 Å². The molecule has 0 rings (SSSR count). The molecule has 1 atom stereocenters. The topological polar surface area (TPSA) is 78.9 Å². The van der Waals surface area contributed by atoms with E-state index in [1.54, 1.807) is 0 Å². The van der Waals surface area contributed by atoms with Crippen molar-refractivity contribution in [3.05, 3.63) is 158 Å². The van der Waals surface area contributed by atoms with Crippen molar-refractivity contribution in [1.29, 1.82) is 0 Å². The first kappa shape index (κ1) is 64.0. The number of hydrogen-bond acceptors (Lipinski definition) is 6. The summed E-state index contributed by atoms with van der Waals surface area (Å²) in [5.41, 5.74) is 0. The second-order valence-electron chi connectivity index (χ2n) is 17.0. The van der Waals surface area contributed by atoms with Gasteiger partial charge in [-0.3, -0.25) is 14.4 Å². The summed E-state index contributed by atoms with van der Waals surface area (Å²) in [6.07, 6.45) is 81.1. The van der Waals surface area contributed by atoms with Crippen LogP contribution in [0.3, 0.4) is 0 Å². The molecule has 0 aliphatic rings. The number of carbonyl (C=O) groups is 3. The van der Waals surface area contributed by atoms with E-state index in [2.05, 4.69) is 154 Å². The second-order valence-corrected chi connectivity index (χ2v) is 17.0. The van der Waals surface area contributed by atoms with E-state index in [-0.39, 0.29) is 32.0 Å². The Morgan fingerprint density at radius 1 is 0.319 bits per heavy atom. The van der Waals surface area contributed by atoms with E-state index in [0.717, 1.165) is 103 Å². The largest absolute Gasteiger partial charge is 0.462 e. The fraction of sp³-hybridized carbons (Fsp3) is 0.540. The Morgan fingerprint density at radius 3 is 1.03 bits per heavy atom. The molecule has 0 spiro atoms. The van der Waals surface area contributed by atoms with Gasteiger partial charge in [-0.2, -0.15) is 0 Å². The molecule has 6 heteroatoms. The van der Waals surface area contributed by atoms with Gasteiger partial charge in [0, 0.05) is 19.3 Å². The summed E-state index contributed by atoms with van der Waals surface area (Å²) >= 11 is 0. The highest BCUT2D eigenvalue weighted by molar-refractivity contribution is 5.71. The third-order valence-corrected chi connectivity index (χ3v) is 10.6.